The minimum atomic E-state index is -4.12. The molecular weight excluding hydrogens is 581 g/mol. The van der Waals surface area contributed by atoms with Crippen LogP contribution in [0.3, 0.4) is 0 Å². The Hall–Kier alpha value is -3.13. The van der Waals surface area contributed by atoms with Crippen molar-refractivity contribution in [1.29, 1.82) is 0 Å². The van der Waals surface area contributed by atoms with Crippen LogP contribution in [-0.2, 0) is 19.5 Å². The normalized spacial score (nSPS) is 28.0. The lowest BCUT2D eigenvalue weighted by atomic mass is 9.70. The van der Waals surface area contributed by atoms with Gasteiger partial charge in [-0.3, -0.25) is 9.36 Å². The second-order valence-electron chi connectivity index (χ2n) is 11.2. The van der Waals surface area contributed by atoms with Gasteiger partial charge in [0.1, 0.15) is 18.8 Å². The molecule has 3 aliphatic heterocycles. The summed E-state index contributed by atoms with van der Waals surface area (Å²) in [7, 11) is -4.12. The smallest absolute Gasteiger partial charge is 0.385 e. The summed E-state index contributed by atoms with van der Waals surface area (Å²) < 4.78 is 20.1. The predicted molar refractivity (Wildman–Crippen MR) is 154 cm³/mol. The Morgan fingerprint density at radius 2 is 1.88 bits per heavy atom. The molecule has 1 saturated carbocycles. The SMILES string of the molecule is CC(C)c1ccc(Sc2nc3c(=O)n4cc(-c5ccccc5)[nH]c4nc3n2C23CC4(O[P+](O)(O)OCC4O2)C3O)cc1. The molecule has 12 nitrogen and oxygen atoms in total. The van der Waals surface area contributed by atoms with E-state index in [1.54, 1.807) is 10.8 Å². The minimum absolute atomic E-state index is 0.0877. The number of fused-ring (bicyclic) bond motifs is 2. The van der Waals surface area contributed by atoms with Gasteiger partial charge in [-0.15, -0.1) is 4.52 Å². The highest BCUT2D eigenvalue weighted by molar-refractivity contribution is 7.99. The number of rotatable bonds is 5. The average molecular weight is 609 g/mol. The fourth-order valence-electron chi connectivity index (χ4n) is 6.26. The molecule has 4 fully saturated rings. The lowest BCUT2D eigenvalue weighted by Gasteiger charge is -2.49. The van der Waals surface area contributed by atoms with Gasteiger partial charge in [0, 0.05) is 17.5 Å². The molecule has 5 aromatic rings. The van der Waals surface area contributed by atoms with Crippen molar-refractivity contribution in [3.8, 4) is 11.3 Å². The van der Waals surface area contributed by atoms with Crippen molar-refractivity contribution in [2.24, 2.45) is 0 Å². The first-order valence-electron chi connectivity index (χ1n) is 13.5. The molecule has 2 aromatic carbocycles. The van der Waals surface area contributed by atoms with Crippen molar-refractivity contribution in [1.82, 2.24) is 23.9 Å². The maximum atomic E-state index is 13.8. The van der Waals surface area contributed by atoms with Gasteiger partial charge < -0.3 is 14.8 Å². The van der Waals surface area contributed by atoms with Gasteiger partial charge >= 0.3 is 8.17 Å². The first-order chi connectivity index (χ1) is 20.1. The number of aliphatic hydroxyl groups is 1. The number of nitrogens with zero attached hydrogens (tertiary/aromatic N) is 4. The molecule has 4 unspecified atom stereocenters. The highest BCUT2D eigenvalue weighted by Crippen LogP contribution is 2.71. The van der Waals surface area contributed by atoms with Crippen molar-refractivity contribution in [3.63, 3.8) is 0 Å². The van der Waals surface area contributed by atoms with Gasteiger partial charge in [0.2, 0.25) is 5.78 Å². The van der Waals surface area contributed by atoms with Crippen LogP contribution in [0.5, 0.6) is 0 Å². The molecule has 4 aliphatic rings. The first kappa shape index (κ1) is 26.5. The second kappa shape index (κ2) is 8.94. The minimum Gasteiger partial charge on any atom is -0.385 e. The molecule has 2 bridgehead atoms. The molecule has 3 aromatic heterocycles. The largest absolute Gasteiger partial charge is 0.570 e. The zero-order valence-corrected chi connectivity index (χ0v) is 24.2. The summed E-state index contributed by atoms with van der Waals surface area (Å²) in [6, 6.07) is 17.6. The van der Waals surface area contributed by atoms with E-state index in [4.69, 9.17) is 23.8 Å². The van der Waals surface area contributed by atoms with Gasteiger partial charge in [0.25, 0.3) is 5.56 Å². The monoisotopic (exact) mass is 608 g/mol. The molecule has 4 N–H and O–H groups in total. The fourth-order valence-corrected chi connectivity index (χ4v) is 8.32. The number of imidazole rings is 2. The number of aromatic amines is 1. The lowest BCUT2D eigenvalue weighted by Crippen LogP contribution is -2.68. The maximum absolute atomic E-state index is 13.8. The molecule has 1 aliphatic carbocycles. The number of aromatic nitrogens is 5. The van der Waals surface area contributed by atoms with Gasteiger partial charge in [-0.25, -0.2) is 9.38 Å². The van der Waals surface area contributed by atoms with E-state index in [0.29, 0.717) is 22.5 Å². The van der Waals surface area contributed by atoms with E-state index in [-0.39, 0.29) is 29.8 Å². The van der Waals surface area contributed by atoms with Crippen molar-refractivity contribution >= 4 is 36.9 Å². The Bertz CT molecular complexity index is 1920. The molecule has 0 amide bonds. The molecule has 4 atom stereocenters. The summed E-state index contributed by atoms with van der Waals surface area (Å²) in [6.07, 6.45) is -0.286. The number of benzene rings is 2. The quantitative estimate of drug-likeness (QED) is 0.218. The molecule has 216 valence electrons. The van der Waals surface area contributed by atoms with Crippen LogP contribution in [0, 0.1) is 0 Å². The number of hydrogen-bond donors (Lipinski definition) is 4. The van der Waals surface area contributed by atoms with Gasteiger partial charge in [-0.1, -0.05) is 68.1 Å². The number of aliphatic hydroxyl groups excluding tert-OH is 1. The highest BCUT2D eigenvalue weighted by Gasteiger charge is 2.84. The Morgan fingerprint density at radius 3 is 2.60 bits per heavy atom. The van der Waals surface area contributed by atoms with Crippen LogP contribution in [-0.4, -0.2) is 63.2 Å². The van der Waals surface area contributed by atoms with Crippen LogP contribution in [0.2, 0.25) is 0 Å². The van der Waals surface area contributed by atoms with Crippen LogP contribution in [0.15, 0.2) is 75.6 Å². The third-order valence-corrected chi connectivity index (χ3v) is 10.4. The zero-order chi connectivity index (χ0) is 29.0. The fraction of sp³-hybridized carbons (Fsp3) is 0.321. The van der Waals surface area contributed by atoms with Crippen LogP contribution < -0.4 is 5.56 Å². The summed E-state index contributed by atoms with van der Waals surface area (Å²) in [5.41, 5.74) is -0.0406. The van der Waals surface area contributed by atoms with Gasteiger partial charge in [0.15, 0.2) is 27.6 Å². The molecule has 1 spiro atoms. The molecule has 3 saturated heterocycles. The highest BCUT2D eigenvalue weighted by atomic mass is 32.2. The van der Waals surface area contributed by atoms with Crippen molar-refractivity contribution in [2.75, 3.05) is 6.61 Å². The summed E-state index contributed by atoms with van der Waals surface area (Å²) in [5, 5.41) is 12.0. The first-order valence-corrected chi connectivity index (χ1v) is 15.9. The van der Waals surface area contributed by atoms with Gasteiger partial charge in [-0.05, 0) is 29.2 Å². The Kier molecular flexibility index (Phi) is 5.64. The second-order valence-corrected chi connectivity index (χ2v) is 13.7. The van der Waals surface area contributed by atoms with Crippen LogP contribution in [0.25, 0.3) is 28.2 Å². The third kappa shape index (κ3) is 3.66. The molecular formula is C28H27N5O7PS+. The molecule has 6 heterocycles. The topological polar surface area (TPSA) is 156 Å². The van der Waals surface area contributed by atoms with Crippen molar-refractivity contribution < 1.29 is 28.7 Å². The Morgan fingerprint density at radius 1 is 1.12 bits per heavy atom. The van der Waals surface area contributed by atoms with E-state index >= 15 is 0 Å². The number of nitrogens with one attached hydrogen (secondary N) is 1. The Labute approximate surface area is 243 Å². The van der Waals surface area contributed by atoms with Crippen molar-refractivity contribution in [2.45, 2.75) is 59.8 Å². The van der Waals surface area contributed by atoms with E-state index in [9.17, 15) is 19.7 Å². The van der Waals surface area contributed by atoms with Crippen LogP contribution in [0.4, 0.5) is 0 Å². The maximum Gasteiger partial charge on any atom is 0.570 e. The van der Waals surface area contributed by atoms with Gasteiger partial charge in [-0.2, -0.15) is 19.3 Å². The third-order valence-electron chi connectivity index (χ3n) is 8.40. The summed E-state index contributed by atoms with van der Waals surface area (Å²) >= 11 is 1.32. The van der Waals surface area contributed by atoms with E-state index in [2.05, 4.69) is 18.8 Å². The summed E-state index contributed by atoms with van der Waals surface area (Å²) in [5.74, 6) is 0.670. The van der Waals surface area contributed by atoms with E-state index in [1.165, 1.54) is 21.7 Å². The van der Waals surface area contributed by atoms with Crippen molar-refractivity contribution in [3.05, 3.63) is 76.7 Å². The number of ether oxygens (including phenoxy) is 1. The van der Waals surface area contributed by atoms with E-state index in [1.807, 2.05) is 54.6 Å². The Balaban J connectivity index is 1.30. The molecule has 9 rings (SSSR count). The number of hydrogen-bond acceptors (Lipinski definition) is 10. The zero-order valence-electron chi connectivity index (χ0n) is 22.5. The predicted octanol–water partition coefficient (Wildman–Crippen LogP) is 3.58. The standard InChI is InChI=1S/C28H26N5O7PS/c1-15(2)16-8-10-18(11-9-16)42-26-30-21-22(31-25-29-19(12-32(25)23(21)34)17-6-4-3-5-7-17)33(26)28-14-27(24(28)35)20(39-28)13-38-41(36,37)40-27/h3-12,15,20,24,35-37H,13-14H2,1-2H3/p+1. The summed E-state index contributed by atoms with van der Waals surface area (Å²) in [6.45, 7) is 4.08. The lowest BCUT2D eigenvalue weighted by molar-refractivity contribution is -0.219. The van der Waals surface area contributed by atoms with Crippen LogP contribution in [0.1, 0.15) is 31.7 Å². The number of H-pyrrole nitrogens is 1. The van der Waals surface area contributed by atoms with Gasteiger partial charge in [0.05, 0.1) is 5.69 Å². The molecule has 0 radical (unpaired) electrons. The molecule has 14 heteroatoms. The van der Waals surface area contributed by atoms with E-state index in [0.717, 1.165) is 10.5 Å². The summed E-state index contributed by atoms with van der Waals surface area (Å²) in [4.78, 5) is 47.8. The molecule has 42 heavy (non-hydrogen) atoms. The van der Waals surface area contributed by atoms with E-state index < -0.39 is 31.7 Å². The average Bonchev–Trinajstić information content (AvgIpc) is 3.70. The van der Waals surface area contributed by atoms with Crippen LogP contribution >= 0.6 is 19.9 Å².